The van der Waals surface area contributed by atoms with Crippen molar-refractivity contribution in [2.75, 3.05) is 0 Å². The number of carbonyl (C=O) groups is 1. The Kier molecular flexibility index (Phi) is 3.36. The van der Waals surface area contributed by atoms with E-state index in [4.69, 9.17) is 0 Å². The van der Waals surface area contributed by atoms with E-state index in [1.165, 1.54) is 0 Å². The molecule has 2 aliphatic carbocycles. The minimum Gasteiger partial charge on any atom is -0.274 e. The summed E-state index contributed by atoms with van der Waals surface area (Å²) < 4.78 is 26.9. The topological polar surface area (TPSA) is 76.1 Å². The van der Waals surface area contributed by atoms with Crippen molar-refractivity contribution in [2.24, 2.45) is 17.8 Å². The Bertz CT molecular complexity index is 639. The first-order chi connectivity index (χ1) is 9.40. The maximum Gasteiger partial charge on any atom is 0.275 e. The number of hydrogen-bond acceptors (Lipinski definition) is 5. The summed E-state index contributed by atoms with van der Waals surface area (Å²) in [5.74, 6) is 0.389. The number of aryl methyl sites for hydroxylation is 2. The molecule has 7 heteroatoms. The van der Waals surface area contributed by atoms with Gasteiger partial charge in [-0.05, 0) is 38.5 Å². The van der Waals surface area contributed by atoms with Crippen molar-refractivity contribution >= 4 is 27.3 Å². The molecule has 0 aliphatic heterocycles. The molecule has 1 amide bonds. The molecule has 1 aromatic heterocycles. The summed E-state index contributed by atoms with van der Waals surface area (Å²) in [5, 5.41) is 0.690. The van der Waals surface area contributed by atoms with Gasteiger partial charge in [-0.3, -0.25) is 4.79 Å². The number of hydrogen-bond donors (Lipinski definition) is 1. The molecule has 20 heavy (non-hydrogen) atoms. The van der Waals surface area contributed by atoms with E-state index in [0.29, 0.717) is 22.5 Å². The highest BCUT2D eigenvalue weighted by Gasteiger charge is 2.55. The fraction of sp³-hybridized carbons (Fsp3) is 0.692. The van der Waals surface area contributed by atoms with Crippen LogP contribution in [0.4, 0.5) is 0 Å². The molecule has 1 N–H and O–H groups in total. The summed E-state index contributed by atoms with van der Waals surface area (Å²) in [6, 6.07) is 0. The maximum absolute atomic E-state index is 12.3. The van der Waals surface area contributed by atoms with Crippen LogP contribution in [0.2, 0.25) is 0 Å². The number of thiazole rings is 1. The number of carbonyl (C=O) groups excluding carboxylic acids is 1. The molecular weight excluding hydrogens is 296 g/mol. The van der Waals surface area contributed by atoms with Crippen molar-refractivity contribution in [3.8, 4) is 0 Å². The summed E-state index contributed by atoms with van der Waals surface area (Å²) in [4.78, 5) is 16.3. The molecule has 1 heterocycles. The molecule has 0 spiro atoms. The Morgan fingerprint density at radius 2 is 1.85 bits per heavy atom. The summed E-state index contributed by atoms with van der Waals surface area (Å²) in [6.07, 6.45) is 4.43. The summed E-state index contributed by atoms with van der Waals surface area (Å²) in [7, 11) is -3.76. The molecule has 0 bridgehead atoms. The third-order valence-electron chi connectivity index (χ3n) is 4.30. The molecular formula is C13H18N2O3S2. The number of nitrogens with one attached hydrogen (secondary N) is 1. The monoisotopic (exact) mass is 314 g/mol. The molecule has 0 radical (unpaired) electrons. The van der Waals surface area contributed by atoms with Gasteiger partial charge in [0.2, 0.25) is 5.91 Å². The minimum atomic E-state index is -3.76. The van der Waals surface area contributed by atoms with Crippen LogP contribution in [-0.2, 0) is 14.8 Å². The normalized spacial score (nSPS) is 28.8. The van der Waals surface area contributed by atoms with Gasteiger partial charge in [-0.2, -0.15) is 0 Å². The SMILES string of the molecule is Cc1nc(C)c(S(=O)(=O)NC(=O)C2[C@H]3CCCC[C@H]23)s1. The van der Waals surface area contributed by atoms with Crippen LogP contribution in [0, 0.1) is 31.6 Å². The number of aromatic nitrogens is 1. The molecule has 2 saturated carbocycles. The van der Waals surface area contributed by atoms with Crippen molar-refractivity contribution in [1.29, 1.82) is 0 Å². The maximum atomic E-state index is 12.3. The Balaban J connectivity index is 1.74. The van der Waals surface area contributed by atoms with Crippen molar-refractivity contribution in [1.82, 2.24) is 9.71 Å². The second kappa shape index (κ2) is 4.80. The van der Waals surface area contributed by atoms with Gasteiger partial charge in [-0.15, -0.1) is 11.3 Å². The second-order valence-electron chi connectivity index (χ2n) is 5.71. The Morgan fingerprint density at radius 3 is 2.35 bits per heavy atom. The average Bonchev–Trinajstić information content (AvgIpc) is 2.99. The van der Waals surface area contributed by atoms with Gasteiger partial charge in [0.25, 0.3) is 10.0 Å². The first kappa shape index (κ1) is 14.0. The van der Waals surface area contributed by atoms with Crippen molar-refractivity contribution in [3.63, 3.8) is 0 Å². The van der Waals surface area contributed by atoms with Crippen LogP contribution in [0.25, 0.3) is 0 Å². The standard InChI is InChI=1S/C13H18N2O3S2/c1-7-13(19-8(2)14-7)20(17,18)15-12(16)11-9-5-3-4-6-10(9)11/h9-11H,3-6H2,1-2H3,(H,15,16)/t9-,10-/m0/s1. The minimum absolute atomic E-state index is 0.0957. The highest BCUT2D eigenvalue weighted by atomic mass is 32.2. The van der Waals surface area contributed by atoms with Gasteiger partial charge in [0.15, 0.2) is 4.21 Å². The van der Waals surface area contributed by atoms with Gasteiger partial charge in [0.05, 0.1) is 10.7 Å². The first-order valence-electron chi connectivity index (χ1n) is 6.91. The van der Waals surface area contributed by atoms with E-state index in [2.05, 4.69) is 9.71 Å². The van der Waals surface area contributed by atoms with Gasteiger partial charge in [-0.25, -0.2) is 18.1 Å². The van der Waals surface area contributed by atoms with Crippen LogP contribution in [0.3, 0.4) is 0 Å². The third-order valence-corrected chi connectivity index (χ3v) is 7.33. The highest BCUT2D eigenvalue weighted by Crippen LogP contribution is 2.55. The quantitative estimate of drug-likeness (QED) is 0.926. The van der Waals surface area contributed by atoms with E-state index >= 15 is 0 Å². The number of fused-ring (bicyclic) bond motifs is 1. The van der Waals surface area contributed by atoms with Crippen LogP contribution in [0.1, 0.15) is 36.4 Å². The Morgan fingerprint density at radius 1 is 1.25 bits per heavy atom. The van der Waals surface area contributed by atoms with Gasteiger partial charge in [-0.1, -0.05) is 12.8 Å². The molecule has 2 atom stereocenters. The Hall–Kier alpha value is -0.950. The fourth-order valence-corrected chi connectivity index (χ4v) is 5.89. The number of amides is 1. The average molecular weight is 314 g/mol. The lowest BCUT2D eigenvalue weighted by Crippen LogP contribution is -2.32. The summed E-state index contributed by atoms with van der Waals surface area (Å²) in [6.45, 7) is 3.41. The lowest BCUT2D eigenvalue weighted by molar-refractivity contribution is -0.121. The molecule has 2 fully saturated rings. The lowest BCUT2D eigenvalue weighted by atomic mass is 10.0. The number of nitrogens with zero attached hydrogens (tertiary/aromatic N) is 1. The van der Waals surface area contributed by atoms with Gasteiger partial charge in [0.1, 0.15) is 0 Å². The zero-order valence-electron chi connectivity index (χ0n) is 11.5. The zero-order chi connectivity index (χ0) is 14.5. The third kappa shape index (κ3) is 2.37. The summed E-state index contributed by atoms with van der Waals surface area (Å²) in [5.41, 5.74) is 0.459. The van der Waals surface area contributed by atoms with Crippen LogP contribution < -0.4 is 4.72 Å². The van der Waals surface area contributed by atoms with Gasteiger partial charge in [0, 0.05) is 5.92 Å². The van der Waals surface area contributed by atoms with E-state index in [0.717, 1.165) is 37.0 Å². The van der Waals surface area contributed by atoms with Crippen molar-refractivity contribution in [3.05, 3.63) is 10.7 Å². The van der Waals surface area contributed by atoms with E-state index in [1.807, 2.05) is 0 Å². The number of sulfonamides is 1. The van der Waals surface area contributed by atoms with Crippen LogP contribution in [-0.4, -0.2) is 19.3 Å². The molecule has 0 unspecified atom stereocenters. The zero-order valence-corrected chi connectivity index (χ0v) is 13.2. The molecule has 0 aromatic carbocycles. The molecule has 3 rings (SSSR count). The highest BCUT2D eigenvalue weighted by molar-refractivity contribution is 7.92. The lowest BCUT2D eigenvalue weighted by Gasteiger charge is -2.05. The van der Waals surface area contributed by atoms with Crippen molar-refractivity contribution < 1.29 is 13.2 Å². The molecule has 5 nitrogen and oxygen atoms in total. The Labute approximate surface area is 122 Å². The molecule has 2 aliphatic rings. The number of rotatable bonds is 3. The van der Waals surface area contributed by atoms with Crippen molar-refractivity contribution in [2.45, 2.75) is 43.7 Å². The fourth-order valence-electron chi connectivity index (χ4n) is 3.39. The van der Waals surface area contributed by atoms with E-state index < -0.39 is 10.0 Å². The first-order valence-corrected chi connectivity index (χ1v) is 9.21. The predicted octanol–water partition coefficient (Wildman–Crippen LogP) is 2.00. The van der Waals surface area contributed by atoms with Crippen LogP contribution >= 0.6 is 11.3 Å². The smallest absolute Gasteiger partial charge is 0.274 e. The van der Waals surface area contributed by atoms with Crippen LogP contribution in [0.15, 0.2) is 4.21 Å². The molecule has 1 aromatic rings. The van der Waals surface area contributed by atoms with Crippen LogP contribution in [0.5, 0.6) is 0 Å². The van der Waals surface area contributed by atoms with Gasteiger partial charge >= 0.3 is 0 Å². The largest absolute Gasteiger partial charge is 0.275 e. The molecule has 110 valence electrons. The van der Waals surface area contributed by atoms with E-state index in [1.54, 1.807) is 13.8 Å². The van der Waals surface area contributed by atoms with E-state index in [9.17, 15) is 13.2 Å². The van der Waals surface area contributed by atoms with E-state index in [-0.39, 0.29) is 16.0 Å². The second-order valence-corrected chi connectivity index (χ2v) is 8.79. The molecule has 0 saturated heterocycles. The predicted molar refractivity (Wildman–Crippen MR) is 75.9 cm³/mol. The van der Waals surface area contributed by atoms with Gasteiger partial charge < -0.3 is 0 Å². The summed E-state index contributed by atoms with van der Waals surface area (Å²) >= 11 is 1.11.